The molecule has 0 bridgehead atoms. The van der Waals surface area contributed by atoms with Gasteiger partial charge in [-0.1, -0.05) is 65.8 Å². The molecule has 3 aromatic rings. The van der Waals surface area contributed by atoms with Crippen LogP contribution in [-0.4, -0.2) is 4.98 Å². The molecule has 116 valence electrons. The van der Waals surface area contributed by atoms with Crippen LogP contribution in [0.4, 0.5) is 0 Å². The Morgan fingerprint density at radius 1 is 1.00 bits per heavy atom. The molecule has 22 heavy (non-hydrogen) atoms. The third kappa shape index (κ3) is 2.44. The van der Waals surface area contributed by atoms with Crippen LogP contribution in [0.5, 0.6) is 0 Å². The minimum Gasteiger partial charge on any atom is -0.240 e. The van der Waals surface area contributed by atoms with E-state index in [1.54, 1.807) is 0 Å². The second-order valence-electron chi connectivity index (χ2n) is 7.82. The van der Waals surface area contributed by atoms with Crippen LogP contribution in [0, 0.1) is 0 Å². The van der Waals surface area contributed by atoms with Crippen LogP contribution in [0.15, 0.2) is 30.3 Å². The molecular weight excluding hydrogens is 286 g/mol. The summed E-state index contributed by atoms with van der Waals surface area (Å²) in [6.45, 7) is 13.7. The van der Waals surface area contributed by atoms with Gasteiger partial charge in [-0.3, -0.25) is 0 Å². The second kappa shape index (κ2) is 5.06. The number of rotatable bonds is 2. The Morgan fingerprint density at radius 2 is 1.64 bits per heavy atom. The molecule has 1 aromatic heterocycles. The van der Waals surface area contributed by atoms with Crippen molar-refractivity contribution in [2.24, 2.45) is 0 Å². The van der Waals surface area contributed by atoms with Gasteiger partial charge in [0.25, 0.3) is 0 Å². The number of hydrogen-bond donors (Lipinski definition) is 0. The van der Waals surface area contributed by atoms with Crippen LogP contribution >= 0.6 is 11.3 Å². The highest BCUT2D eigenvalue weighted by molar-refractivity contribution is 7.18. The van der Waals surface area contributed by atoms with Crippen molar-refractivity contribution in [1.82, 2.24) is 4.98 Å². The summed E-state index contributed by atoms with van der Waals surface area (Å²) in [5.74, 6) is 0. The van der Waals surface area contributed by atoms with Gasteiger partial charge in [-0.15, -0.1) is 11.3 Å². The van der Waals surface area contributed by atoms with E-state index in [9.17, 15) is 0 Å². The summed E-state index contributed by atoms with van der Waals surface area (Å²) in [5, 5.41) is 3.88. The van der Waals surface area contributed by atoms with E-state index < -0.39 is 0 Å². The molecule has 0 spiro atoms. The molecule has 0 atom stereocenters. The van der Waals surface area contributed by atoms with E-state index in [1.807, 2.05) is 11.3 Å². The third-order valence-electron chi connectivity index (χ3n) is 4.67. The lowest BCUT2D eigenvalue weighted by Crippen LogP contribution is -2.14. The van der Waals surface area contributed by atoms with Gasteiger partial charge in [0, 0.05) is 10.8 Å². The van der Waals surface area contributed by atoms with Gasteiger partial charge < -0.3 is 0 Å². The lowest BCUT2D eigenvalue weighted by atomic mass is 9.83. The van der Waals surface area contributed by atoms with Crippen LogP contribution in [-0.2, 0) is 10.8 Å². The molecule has 0 radical (unpaired) electrons. The molecule has 0 saturated carbocycles. The van der Waals surface area contributed by atoms with Gasteiger partial charge in [0.15, 0.2) is 0 Å². The van der Waals surface area contributed by atoms with Gasteiger partial charge in [0.05, 0.1) is 15.2 Å². The minimum absolute atomic E-state index is 0.137. The maximum atomic E-state index is 5.03. The van der Waals surface area contributed by atoms with E-state index in [4.69, 9.17) is 4.98 Å². The Hall–Kier alpha value is -1.41. The first-order valence-corrected chi connectivity index (χ1v) is 8.89. The van der Waals surface area contributed by atoms with Crippen molar-refractivity contribution in [2.75, 3.05) is 0 Å². The summed E-state index contributed by atoms with van der Waals surface area (Å²) in [6.07, 6.45) is 1.11. The number of thiazole rings is 1. The monoisotopic (exact) mass is 311 g/mol. The van der Waals surface area contributed by atoms with E-state index in [2.05, 4.69) is 71.9 Å². The summed E-state index contributed by atoms with van der Waals surface area (Å²) >= 11 is 1.86. The number of benzene rings is 2. The molecule has 2 heteroatoms. The van der Waals surface area contributed by atoms with Crippen molar-refractivity contribution < 1.29 is 0 Å². The lowest BCUT2D eigenvalue weighted by molar-refractivity contribution is 0.504. The Labute approximate surface area is 137 Å². The van der Waals surface area contributed by atoms with Crippen LogP contribution in [0.3, 0.4) is 0 Å². The number of fused-ring (bicyclic) bond motifs is 3. The first kappa shape index (κ1) is 15.5. The van der Waals surface area contributed by atoms with E-state index in [0.717, 1.165) is 6.42 Å². The summed E-state index contributed by atoms with van der Waals surface area (Å²) in [7, 11) is 0. The standard InChI is InChI=1S/C20H25NS/c1-7-20(5,6)18-21-17-14-11-9-8-10-13(14)15(19(2,3)4)12-16(17)22-18/h8-12H,7H2,1-6H3. The van der Waals surface area contributed by atoms with Crippen LogP contribution < -0.4 is 0 Å². The molecule has 0 aliphatic carbocycles. The highest BCUT2D eigenvalue weighted by atomic mass is 32.1. The van der Waals surface area contributed by atoms with Crippen LogP contribution in [0.1, 0.15) is 58.5 Å². The van der Waals surface area contributed by atoms with Gasteiger partial charge >= 0.3 is 0 Å². The molecule has 0 amide bonds. The molecular formula is C20H25NS. The number of nitrogens with zero attached hydrogens (tertiary/aromatic N) is 1. The van der Waals surface area contributed by atoms with Crippen molar-refractivity contribution >= 4 is 32.3 Å². The number of aromatic nitrogens is 1. The third-order valence-corrected chi connectivity index (χ3v) is 6.04. The predicted octanol–water partition coefficient (Wildman–Crippen LogP) is 6.43. The van der Waals surface area contributed by atoms with Gasteiger partial charge in [-0.05, 0) is 28.9 Å². The molecule has 1 nitrogen and oxygen atoms in total. The molecule has 2 aromatic carbocycles. The molecule has 0 unspecified atom stereocenters. The van der Waals surface area contributed by atoms with E-state index in [0.29, 0.717) is 0 Å². The van der Waals surface area contributed by atoms with Crippen molar-refractivity contribution in [3.8, 4) is 0 Å². The van der Waals surface area contributed by atoms with Crippen molar-refractivity contribution in [1.29, 1.82) is 0 Å². The average molecular weight is 311 g/mol. The van der Waals surface area contributed by atoms with Crippen LogP contribution in [0.25, 0.3) is 21.0 Å². The zero-order valence-corrected chi connectivity index (χ0v) is 15.3. The zero-order valence-electron chi connectivity index (χ0n) is 14.4. The lowest BCUT2D eigenvalue weighted by Gasteiger charge is -2.21. The molecule has 0 N–H and O–H groups in total. The summed E-state index contributed by atoms with van der Waals surface area (Å²) in [5.41, 5.74) is 2.87. The SMILES string of the molecule is CCC(C)(C)c1nc2c(cc(C(C)(C)C)c3ccccc32)s1. The molecule has 0 fully saturated rings. The Balaban J connectivity index is 2.40. The number of hydrogen-bond acceptors (Lipinski definition) is 2. The van der Waals surface area contributed by atoms with E-state index >= 15 is 0 Å². The first-order valence-electron chi connectivity index (χ1n) is 8.07. The summed E-state index contributed by atoms with van der Waals surface area (Å²) in [6, 6.07) is 11.1. The Bertz CT molecular complexity index is 834. The second-order valence-corrected chi connectivity index (χ2v) is 8.85. The fraction of sp³-hybridized carbons (Fsp3) is 0.450. The molecule has 1 heterocycles. The van der Waals surface area contributed by atoms with Crippen LogP contribution in [0.2, 0.25) is 0 Å². The quantitative estimate of drug-likeness (QED) is 0.531. The van der Waals surface area contributed by atoms with Gasteiger partial charge in [0.1, 0.15) is 0 Å². The van der Waals surface area contributed by atoms with Crippen molar-refractivity contribution in [2.45, 2.75) is 58.8 Å². The highest BCUT2D eigenvalue weighted by Crippen LogP contribution is 2.40. The normalized spacial score (nSPS) is 13.2. The van der Waals surface area contributed by atoms with Crippen molar-refractivity contribution in [3.63, 3.8) is 0 Å². The van der Waals surface area contributed by atoms with Gasteiger partial charge in [0.2, 0.25) is 0 Å². The maximum absolute atomic E-state index is 5.03. The largest absolute Gasteiger partial charge is 0.240 e. The first-order chi connectivity index (χ1) is 10.2. The fourth-order valence-electron chi connectivity index (χ4n) is 2.82. The van der Waals surface area contributed by atoms with E-state index in [-0.39, 0.29) is 10.8 Å². The van der Waals surface area contributed by atoms with Crippen molar-refractivity contribution in [3.05, 3.63) is 40.9 Å². The predicted molar refractivity (Wildman–Crippen MR) is 99.1 cm³/mol. The molecule has 3 rings (SSSR count). The Kier molecular flexibility index (Phi) is 3.56. The van der Waals surface area contributed by atoms with E-state index in [1.165, 1.54) is 31.6 Å². The molecule has 0 aliphatic rings. The fourth-order valence-corrected chi connectivity index (χ4v) is 4.01. The smallest absolute Gasteiger partial charge is 0.0994 e. The summed E-state index contributed by atoms with van der Waals surface area (Å²) in [4.78, 5) is 5.03. The Morgan fingerprint density at radius 3 is 2.23 bits per heavy atom. The molecule has 0 aliphatic heterocycles. The highest BCUT2D eigenvalue weighted by Gasteiger charge is 2.25. The average Bonchev–Trinajstić information content (AvgIpc) is 2.90. The zero-order chi connectivity index (χ0) is 16.1. The maximum Gasteiger partial charge on any atom is 0.0994 e. The van der Waals surface area contributed by atoms with Gasteiger partial charge in [-0.2, -0.15) is 0 Å². The summed E-state index contributed by atoms with van der Waals surface area (Å²) < 4.78 is 1.32. The molecule has 0 saturated heterocycles. The van der Waals surface area contributed by atoms with Gasteiger partial charge in [-0.25, -0.2) is 4.98 Å². The topological polar surface area (TPSA) is 12.9 Å². The minimum atomic E-state index is 0.137.